The van der Waals surface area contributed by atoms with Gasteiger partial charge >= 0.3 is 6.18 Å². The van der Waals surface area contributed by atoms with Gasteiger partial charge in [-0.25, -0.2) is 0 Å². The number of carbonyl (C=O) groups excluding carboxylic acids is 2. The summed E-state index contributed by atoms with van der Waals surface area (Å²) in [7, 11) is 0. The standard InChI is InChI=1S/C36H50F3N3O2/c1-2-3-4-5-6-7-8-9-10-11-23-41-35(44)32-18-15-30(16-19-32)27-40-28-31-21-24-42(25-22-31)34(43)20-17-29-13-12-14-33(26-29)36(37,38)39/h12-20,26,31,40H,2-11,21-25,27-28H2,1H3,(H,41,44)/b20-17+. The van der Waals surface area contributed by atoms with Crippen LogP contribution in [0.2, 0.25) is 0 Å². The smallest absolute Gasteiger partial charge is 0.352 e. The molecule has 1 aliphatic rings. The van der Waals surface area contributed by atoms with E-state index in [-0.39, 0.29) is 11.8 Å². The summed E-state index contributed by atoms with van der Waals surface area (Å²) in [6.07, 6.45) is 12.9. The van der Waals surface area contributed by atoms with E-state index in [1.165, 1.54) is 69.6 Å². The van der Waals surface area contributed by atoms with Crippen molar-refractivity contribution in [3.05, 3.63) is 76.9 Å². The second kappa shape index (κ2) is 19.3. The van der Waals surface area contributed by atoms with Crippen LogP contribution in [-0.4, -0.2) is 42.9 Å². The van der Waals surface area contributed by atoms with Crippen LogP contribution in [0.5, 0.6) is 0 Å². The molecule has 2 aromatic rings. The first-order chi connectivity index (χ1) is 21.3. The molecule has 5 nitrogen and oxygen atoms in total. The SMILES string of the molecule is CCCCCCCCCCCCNC(=O)c1ccc(CNCC2CCN(C(=O)/C=C/c3cccc(C(F)(F)F)c3)CC2)cc1. The molecule has 2 N–H and O–H groups in total. The molecule has 1 fully saturated rings. The van der Waals surface area contributed by atoms with E-state index in [0.717, 1.165) is 56.5 Å². The Hall–Kier alpha value is -3.13. The van der Waals surface area contributed by atoms with Crippen molar-refractivity contribution in [3.8, 4) is 0 Å². The molecule has 0 bridgehead atoms. The van der Waals surface area contributed by atoms with Gasteiger partial charge in [-0.3, -0.25) is 9.59 Å². The van der Waals surface area contributed by atoms with Crippen molar-refractivity contribution in [1.29, 1.82) is 0 Å². The van der Waals surface area contributed by atoms with Gasteiger partial charge < -0.3 is 15.5 Å². The highest BCUT2D eigenvalue weighted by atomic mass is 19.4. The quantitative estimate of drug-likeness (QED) is 0.131. The molecule has 0 radical (unpaired) electrons. The van der Waals surface area contributed by atoms with E-state index in [4.69, 9.17) is 0 Å². The Balaban J connectivity index is 1.25. The van der Waals surface area contributed by atoms with Gasteiger partial charge in [0, 0.05) is 37.8 Å². The second-order valence-corrected chi connectivity index (χ2v) is 12.0. The summed E-state index contributed by atoms with van der Waals surface area (Å²) in [5, 5.41) is 6.53. The summed E-state index contributed by atoms with van der Waals surface area (Å²) >= 11 is 0. The summed E-state index contributed by atoms with van der Waals surface area (Å²) < 4.78 is 38.7. The lowest BCUT2D eigenvalue weighted by Crippen LogP contribution is -2.40. The van der Waals surface area contributed by atoms with Gasteiger partial charge in [-0.1, -0.05) is 89.0 Å². The molecule has 0 saturated carbocycles. The predicted octanol–water partition coefficient (Wildman–Crippen LogP) is 8.40. The highest BCUT2D eigenvalue weighted by Crippen LogP contribution is 2.29. The van der Waals surface area contributed by atoms with Crippen molar-refractivity contribution in [3.63, 3.8) is 0 Å². The molecule has 1 aliphatic heterocycles. The van der Waals surface area contributed by atoms with E-state index in [2.05, 4.69) is 17.6 Å². The molecule has 1 heterocycles. The number of hydrogen-bond donors (Lipinski definition) is 2. The van der Waals surface area contributed by atoms with Gasteiger partial charge in [0.1, 0.15) is 0 Å². The van der Waals surface area contributed by atoms with E-state index < -0.39 is 11.7 Å². The Bertz CT molecular complexity index is 1160. The molecule has 44 heavy (non-hydrogen) atoms. The van der Waals surface area contributed by atoms with E-state index in [1.54, 1.807) is 11.0 Å². The lowest BCUT2D eigenvalue weighted by Gasteiger charge is -2.31. The topological polar surface area (TPSA) is 61.4 Å². The minimum absolute atomic E-state index is 0.0218. The number of nitrogens with one attached hydrogen (secondary N) is 2. The number of alkyl halides is 3. The third kappa shape index (κ3) is 13.2. The lowest BCUT2D eigenvalue weighted by molar-refractivity contribution is -0.137. The van der Waals surface area contributed by atoms with Crippen LogP contribution in [0.4, 0.5) is 13.2 Å². The van der Waals surface area contributed by atoms with Crippen LogP contribution >= 0.6 is 0 Å². The molecule has 0 aliphatic carbocycles. The number of rotatable bonds is 18. The van der Waals surface area contributed by atoms with Gasteiger partial charge in [-0.15, -0.1) is 0 Å². The molecule has 242 valence electrons. The van der Waals surface area contributed by atoms with Gasteiger partial charge in [0.2, 0.25) is 5.91 Å². The number of benzene rings is 2. The van der Waals surface area contributed by atoms with Gasteiger partial charge in [0.05, 0.1) is 5.56 Å². The van der Waals surface area contributed by atoms with Gasteiger partial charge in [-0.05, 0) is 73.2 Å². The second-order valence-electron chi connectivity index (χ2n) is 12.0. The molecule has 0 atom stereocenters. The number of piperidine rings is 1. The maximum Gasteiger partial charge on any atom is 0.416 e. The maximum absolute atomic E-state index is 12.9. The van der Waals surface area contributed by atoms with E-state index in [0.29, 0.717) is 36.7 Å². The number of hydrogen-bond acceptors (Lipinski definition) is 3. The first-order valence-corrected chi connectivity index (χ1v) is 16.5. The zero-order chi connectivity index (χ0) is 31.6. The van der Waals surface area contributed by atoms with Crippen LogP contribution in [0.25, 0.3) is 6.08 Å². The number of unbranched alkanes of at least 4 members (excludes halogenated alkanes) is 9. The van der Waals surface area contributed by atoms with Gasteiger partial charge in [0.15, 0.2) is 0 Å². The summed E-state index contributed by atoms with van der Waals surface area (Å²) in [6.45, 7) is 5.76. The monoisotopic (exact) mass is 613 g/mol. The third-order valence-corrected chi connectivity index (χ3v) is 8.35. The van der Waals surface area contributed by atoms with Crippen LogP contribution in [0.1, 0.15) is 111 Å². The molecular formula is C36H50F3N3O2. The molecule has 2 aromatic carbocycles. The molecule has 1 saturated heterocycles. The zero-order valence-corrected chi connectivity index (χ0v) is 26.3. The fraction of sp³-hybridized carbons (Fsp3) is 0.556. The van der Waals surface area contributed by atoms with Gasteiger partial charge in [-0.2, -0.15) is 13.2 Å². The van der Waals surface area contributed by atoms with Crippen molar-refractivity contribution >= 4 is 17.9 Å². The molecule has 0 aromatic heterocycles. The van der Waals surface area contributed by atoms with E-state index in [1.807, 2.05) is 24.3 Å². The maximum atomic E-state index is 12.9. The highest BCUT2D eigenvalue weighted by molar-refractivity contribution is 5.94. The predicted molar refractivity (Wildman–Crippen MR) is 172 cm³/mol. The number of amides is 2. The molecule has 2 amide bonds. The first-order valence-electron chi connectivity index (χ1n) is 16.5. The average molecular weight is 614 g/mol. The lowest BCUT2D eigenvalue weighted by atomic mass is 9.96. The Morgan fingerprint density at radius 3 is 2.16 bits per heavy atom. The fourth-order valence-corrected chi connectivity index (χ4v) is 5.56. The minimum Gasteiger partial charge on any atom is -0.352 e. The largest absolute Gasteiger partial charge is 0.416 e. The van der Waals surface area contributed by atoms with Gasteiger partial charge in [0.25, 0.3) is 5.91 Å². The summed E-state index contributed by atoms with van der Waals surface area (Å²) in [6, 6.07) is 12.7. The Kier molecular flexibility index (Phi) is 15.5. The summed E-state index contributed by atoms with van der Waals surface area (Å²) in [5.74, 6) is 0.246. The Morgan fingerprint density at radius 1 is 0.886 bits per heavy atom. The summed E-state index contributed by atoms with van der Waals surface area (Å²) in [5.41, 5.74) is 1.42. The molecule has 3 rings (SSSR count). The molecule has 0 spiro atoms. The number of likely N-dealkylation sites (tertiary alicyclic amines) is 1. The molecular weight excluding hydrogens is 563 g/mol. The normalized spacial score (nSPS) is 14.3. The van der Waals surface area contributed by atoms with Crippen LogP contribution in [-0.2, 0) is 17.5 Å². The van der Waals surface area contributed by atoms with E-state index in [9.17, 15) is 22.8 Å². The van der Waals surface area contributed by atoms with Crippen LogP contribution < -0.4 is 10.6 Å². The number of carbonyl (C=O) groups is 2. The highest BCUT2D eigenvalue weighted by Gasteiger charge is 2.30. The number of halogens is 3. The molecule has 8 heteroatoms. The Morgan fingerprint density at radius 2 is 1.52 bits per heavy atom. The minimum atomic E-state index is -4.41. The summed E-state index contributed by atoms with van der Waals surface area (Å²) in [4.78, 5) is 26.8. The fourth-order valence-electron chi connectivity index (χ4n) is 5.56. The van der Waals surface area contributed by atoms with Crippen molar-refractivity contribution in [2.75, 3.05) is 26.2 Å². The number of nitrogens with zero attached hydrogens (tertiary/aromatic N) is 1. The Labute approximate surface area is 261 Å². The van der Waals surface area contributed by atoms with Crippen molar-refractivity contribution < 1.29 is 22.8 Å². The molecule has 0 unspecified atom stereocenters. The van der Waals surface area contributed by atoms with Crippen molar-refractivity contribution in [1.82, 2.24) is 15.5 Å². The van der Waals surface area contributed by atoms with E-state index >= 15 is 0 Å². The van der Waals surface area contributed by atoms with Crippen LogP contribution in [0.15, 0.2) is 54.6 Å². The van der Waals surface area contributed by atoms with Crippen LogP contribution in [0.3, 0.4) is 0 Å². The van der Waals surface area contributed by atoms with Crippen molar-refractivity contribution in [2.45, 2.75) is 96.7 Å². The zero-order valence-electron chi connectivity index (χ0n) is 26.3. The van der Waals surface area contributed by atoms with Crippen LogP contribution in [0, 0.1) is 5.92 Å². The average Bonchev–Trinajstić information content (AvgIpc) is 3.03. The first kappa shape index (κ1) is 35.4. The van der Waals surface area contributed by atoms with Crippen molar-refractivity contribution in [2.24, 2.45) is 5.92 Å². The third-order valence-electron chi connectivity index (χ3n) is 8.35.